The van der Waals surface area contributed by atoms with Crippen molar-refractivity contribution in [2.45, 2.75) is 0 Å². The first-order valence-corrected chi connectivity index (χ1v) is 9.94. The molecule has 0 saturated carbocycles. The molecule has 3 aromatic carbocycles. The van der Waals surface area contributed by atoms with E-state index in [1.807, 2.05) is 18.2 Å². The van der Waals surface area contributed by atoms with Gasteiger partial charge in [-0.15, -0.1) is 0 Å². The van der Waals surface area contributed by atoms with Crippen LogP contribution in [-0.2, 0) is 15.0 Å². The first-order valence-electron chi connectivity index (χ1n) is 6.64. The monoisotopic (exact) mass is 391 g/mol. The van der Waals surface area contributed by atoms with Crippen LogP contribution in [0.5, 0.6) is 0 Å². The van der Waals surface area contributed by atoms with Gasteiger partial charge in [-0.3, -0.25) is 0 Å². The summed E-state index contributed by atoms with van der Waals surface area (Å²) in [5, 5.41) is 3.87. The summed E-state index contributed by atoms with van der Waals surface area (Å²) >= 11 is 5.86. The molecule has 0 bridgehead atoms. The Morgan fingerprint density at radius 2 is 0.682 bits per heavy atom. The minimum absolute atomic E-state index is 0. The van der Waals surface area contributed by atoms with E-state index in [0.29, 0.717) is 0 Å². The van der Waals surface area contributed by atoms with Gasteiger partial charge in [0.05, 0.1) is 0 Å². The summed E-state index contributed by atoms with van der Waals surface area (Å²) < 4.78 is 0. The molecule has 3 aromatic rings. The number of hydrogen-bond donors (Lipinski definition) is 0. The molecule has 4 heteroatoms. The number of rotatable bonds is 3. The zero-order valence-electron chi connectivity index (χ0n) is 11.7. The Morgan fingerprint density at radius 1 is 0.455 bits per heavy atom. The molecule has 0 atom stereocenters. The molecule has 0 heterocycles. The molecule has 0 unspecified atom stereocenters. The van der Waals surface area contributed by atoms with Gasteiger partial charge in [0.1, 0.15) is 0 Å². The van der Waals surface area contributed by atoms with E-state index in [1.165, 1.54) is 15.9 Å². The average Bonchev–Trinajstić information content (AvgIpc) is 2.56. The van der Waals surface area contributed by atoms with Crippen molar-refractivity contribution in [1.82, 2.24) is 0 Å². The number of benzene rings is 3. The Hall–Kier alpha value is -0.836. The summed E-state index contributed by atoms with van der Waals surface area (Å²) in [6.07, 6.45) is 0. The number of hydrogen-bond acceptors (Lipinski definition) is 0. The Balaban J connectivity index is 0.00000121. The second-order valence-electron chi connectivity index (χ2n) is 4.71. The Labute approximate surface area is 152 Å². The molecule has 22 heavy (non-hydrogen) atoms. The molecular formula is C18H16Cl2NiP. The Bertz CT molecular complexity index is 579. The molecule has 0 aliphatic heterocycles. The molecule has 0 spiro atoms. The molecular weight excluding hydrogens is 377 g/mol. The summed E-state index contributed by atoms with van der Waals surface area (Å²) in [4.78, 5) is 0. The van der Waals surface area contributed by atoms with Crippen LogP contribution in [0.2, 0.25) is 0 Å². The molecule has 3 rings (SSSR count). The third kappa shape index (κ3) is 3.73. The van der Waals surface area contributed by atoms with Crippen molar-refractivity contribution in [3.8, 4) is 0 Å². The zero-order chi connectivity index (χ0) is 13.8. The molecule has 0 fully saturated rings. The van der Waals surface area contributed by atoms with E-state index in [9.17, 15) is 0 Å². The van der Waals surface area contributed by atoms with Crippen molar-refractivity contribution >= 4 is 22.0 Å². The second kappa shape index (κ2) is 8.71. The predicted molar refractivity (Wildman–Crippen MR) is 86.5 cm³/mol. The van der Waals surface area contributed by atoms with Gasteiger partial charge in [-0.1, -0.05) is 0 Å². The summed E-state index contributed by atoms with van der Waals surface area (Å²) in [6, 6.07) is 29.5. The summed E-state index contributed by atoms with van der Waals surface area (Å²) in [5.74, 6) is 0. The van der Waals surface area contributed by atoms with Crippen molar-refractivity contribution in [2.75, 3.05) is 0 Å². The van der Waals surface area contributed by atoms with Crippen LogP contribution in [0.1, 0.15) is 0 Å². The fourth-order valence-electron chi connectivity index (χ4n) is 2.47. The van der Waals surface area contributed by atoms with Gasteiger partial charge in [0, 0.05) is 0 Å². The van der Waals surface area contributed by atoms with Gasteiger partial charge >= 0.3 is 128 Å². The molecule has 0 nitrogen and oxygen atoms in total. The van der Waals surface area contributed by atoms with Crippen LogP contribution in [0.25, 0.3) is 0 Å². The number of halogens is 2. The summed E-state index contributed by atoms with van der Waals surface area (Å²) in [7, 11) is 0. The van der Waals surface area contributed by atoms with E-state index < -0.39 is 6.04 Å². The van der Waals surface area contributed by atoms with Crippen LogP contribution in [-0.4, -0.2) is 0 Å². The van der Waals surface area contributed by atoms with Gasteiger partial charge in [-0.2, -0.15) is 0 Å². The maximum atomic E-state index is 5.86. The van der Waals surface area contributed by atoms with Crippen molar-refractivity contribution in [2.24, 2.45) is 0 Å². The molecule has 117 valence electrons. The first kappa shape index (κ1) is 19.2. The standard InChI is InChI=1S/C18H15P.2ClH.Ni/c1-4-10-16(11-5-1)19(17-12-6-2-7-13-17)18-14-8-3-9-15-18;;;/h1-15H;2*1H;/q;;;+1/p-1. The van der Waals surface area contributed by atoms with Crippen molar-refractivity contribution < 1.29 is 39.8 Å². The fraction of sp³-hybridized carbons (Fsp3) is 0. The third-order valence-corrected chi connectivity index (χ3v) is 9.31. The van der Waals surface area contributed by atoms with E-state index >= 15 is 0 Å². The molecule has 0 saturated heterocycles. The predicted octanol–water partition coefficient (Wildman–Crippen LogP) is -2.82. The first-order chi connectivity index (χ1) is 9.82. The van der Waals surface area contributed by atoms with E-state index in [0.717, 1.165) is 0 Å². The molecule has 0 aliphatic carbocycles. The van der Waals surface area contributed by atoms with Gasteiger partial charge < -0.3 is 24.8 Å². The molecule has 0 radical (unpaired) electrons. The second-order valence-corrected chi connectivity index (χ2v) is 9.89. The van der Waals surface area contributed by atoms with Crippen LogP contribution in [0.4, 0.5) is 0 Å². The van der Waals surface area contributed by atoms with Crippen molar-refractivity contribution in [3.63, 3.8) is 0 Å². The van der Waals surface area contributed by atoms with E-state index in [-0.39, 0.29) is 24.8 Å². The van der Waals surface area contributed by atoms with Crippen LogP contribution < -0.4 is 40.7 Å². The maximum absolute atomic E-state index is 5.86. The van der Waals surface area contributed by atoms with Crippen LogP contribution in [0.15, 0.2) is 91.0 Å². The van der Waals surface area contributed by atoms with E-state index in [1.54, 1.807) is 0 Å². The van der Waals surface area contributed by atoms with Gasteiger partial charge in [0.2, 0.25) is 0 Å². The average molecular weight is 393 g/mol. The van der Waals surface area contributed by atoms with Gasteiger partial charge in [0.25, 0.3) is 0 Å². The summed E-state index contributed by atoms with van der Waals surface area (Å²) in [5.41, 5.74) is 0. The van der Waals surface area contributed by atoms with Crippen LogP contribution >= 0.6 is 6.04 Å². The van der Waals surface area contributed by atoms with Crippen LogP contribution in [0, 0.1) is 0 Å². The SMILES string of the molecule is [Cl-].[Cl-].[Ni+2][PH](c1ccccc1)(c1ccccc1)c1ccccc1. The topological polar surface area (TPSA) is 0 Å². The minimum atomic E-state index is -2.25. The molecule has 0 N–H and O–H groups in total. The van der Waals surface area contributed by atoms with Crippen molar-refractivity contribution in [1.29, 1.82) is 0 Å². The summed E-state index contributed by atoms with van der Waals surface area (Å²) in [6.45, 7) is 0. The van der Waals surface area contributed by atoms with Crippen molar-refractivity contribution in [3.05, 3.63) is 91.0 Å². The van der Waals surface area contributed by atoms with Crippen LogP contribution in [0.3, 0.4) is 0 Å². The Morgan fingerprint density at radius 3 is 0.909 bits per heavy atom. The van der Waals surface area contributed by atoms with E-state index in [4.69, 9.17) is 15.0 Å². The van der Waals surface area contributed by atoms with E-state index in [2.05, 4.69) is 72.8 Å². The molecule has 0 aromatic heterocycles. The van der Waals surface area contributed by atoms with Gasteiger partial charge in [-0.25, -0.2) is 0 Å². The quantitative estimate of drug-likeness (QED) is 0.333. The van der Waals surface area contributed by atoms with Gasteiger partial charge in [-0.05, 0) is 0 Å². The normalized spacial score (nSPS) is 11.0. The molecule has 0 amide bonds. The third-order valence-electron chi connectivity index (χ3n) is 3.46. The zero-order valence-corrected chi connectivity index (χ0v) is 15.2. The van der Waals surface area contributed by atoms with Gasteiger partial charge in [0.15, 0.2) is 0 Å². The Kier molecular flexibility index (Phi) is 7.60. The fourth-order valence-corrected chi connectivity index (χ4v) is 6.85. The molecule has 0 aliphatic rings.